The van der Waals surface area contributed by atoms with Crippen molar-refractivity contribution < 1.29 is 14.3 Å². The van der Waals surface area contributed by atoms with E-state index in [9.17, 15) is 14.3 Å². The summed E-state index contributed by atoms with van der Waals surface area (Å²) >= 11 is 0. The zero-order valence-electron chi connectivity index (χ0n) is 16.2. The van der Waals surface area contributed by atoms with E-state index in [-0.39, 0.29) is 23.6 Å². The van der Waals surface area contributed by atoms with Gasteiger partial charge in [-0.3, -0.25) is 9.69 Å². The van der Waals surface area contributed by atoms with E-state index in [4.69, 9.17) is 0 Å². The molecule has 2 aliphatic heterocycles. The van der Waals surface area contributed by atoms with E-state index in [2.05, 4.69) is 31.2 Å². The van der Waals surface area contributed by atoms with Crippen LogP contribution < -0.4 is 0 Å². The summed E-state index contributed by atoms with van der Waals surface area (Å²) in [4.78, 5) is 16.8. The molecule has 2 aromatic carbocycles. The number of nitrogens with zero attached hydrogens (tertiary/aromatic N) is 2. The number of carbonyl (C=O) groups is 1. The Morgan fingerprint density at radius 2 is 1.75 bits per heavy atom. The van der Waals surface area contributed by atoms with Crippen LogP contribution in [0.2, 0.25) is 0 Å². The van der Waals surface area contributed by atoms with Gasteiger partial charge in [0.2, 0.25) is 5.91 Å². The number of carbonyl (C=O) groups excluding carboxylic acids is 1. The molecule has 2 heterocycles. The molecule has 1 N–H and O–H groups in total. The number of amides is 1. The minimum absolute atomic E-state index is 0.121. The number of likely N-dealkylation sites (tertiary alicyclic amines) is 2. The summed E-state index contributed by atoms with van der Waals surface area (Å²) in [6.07, 6.45) is 0.451. The highest BCUT2D eigenvalue weighted by molar-refractivity contribution is 5.84. The topological polar surface area (TPSA) is 43.8 Å². The number of halogens is 1. The standard InChI is InChI=1S/C23H27FN2O2/c1-16-2-4-17(5-3-16)14-26-13-11-22(23(26)28)25-12-10-20(21(24)15-25)18-6-8-19(27)9-7-18/h2-9,20-22,27H,10-15H2,1H3/t20-,21-,22+/m0/s1. The summed E-state index contributed by atoms with van der Waals surface area (Å²) in [6, 6.07) is 14.9. The molecule has 3 atom stereocenters. The molecule has 0 unspecified atom stereocenters. The molecule has 0 radical (unpaired) electrons. The highest BCUT2D eigenvalue weighted by Crippen LogP contribution is 2.33. The predicted octanol–water partition coefficient (Wildman–Crippen LogP) is 3.63. The van der Waals surface area contributed by atoms with E-state index in [1.54, 1.807) is 24.3 Å². The average Bonchev–Trinajstić information content (AvgIpc) is 3.05. The molecular weight excluding hydrogens is 355 g/mol. The third-order valence-corrected chi connectivity index (χ3v) is 6.10. The van der Waals surface area contributed by atoms with Gasteiger partial charge < -0.3 is 10.0 Å². The molecule has 4 nitrogen and oxygen atoms in total. The van der Waals surface area contributed by atoms with E-state index in [1.165, 1.54) is 5.56 Å². The Hall–Kier alpha value is -2.40. The lowest BCUT2D eigenvalue weighted by Gasteiger charge is -2.37. The van der Waals surface area contributed by atoms with Crippen LogP contribution in [0.25, 0.3) is 0 Å². The maximum absolute atomic E-state index is 14.9. The number of hydrogen-bond acceptors (Lipinski definition) is 3. The lowest BCUT2D eigenvalue weighted by atomic mass is 9.87. The third kappa shape index (κ3) is 3.90. The number of aromatic hydroxyl groups is 1. The molecule has 0 spiro atoms. The van der Waals surface area contributed by atoms with Crippen molar-refractivity contribution in [2.45, 2.75) is 44.4 Å². The molecule has 0 aromatic heterocycles. The molecule has 28 heavy (non-hydrogen) atoms. The summed E-state index contributed by atoms with van der Waals surface area (Å²) < 4.78 is 14.9. The Balaban J connectivity index is 1.37. The first-order chi connectivity index (χ1) is 13.5. The number of alkyl halides is 1. The molecule has 0 saturated carbocycles. The summed E-state index contributed by atoms with van der Waals surface area (Å²) in [6.45, 7) is 4.42. The Morgan fingerprint density at radius 1 is 1.04 bits per heavy atom. The number of piperidine rings is 1. The molecule has 5 heteroatoms. The normalized spacial score (nSPS) is 26.0. The van der Waals surface area contributed by atoms with Crippen molar-refractivity contribution in [2.24, 2.45) is 0 Å². The first kappa shape index (κ1) is 18.9. The average molecular weight is 382 g/mol. The van der Waals surface area contributed by atoms with Crippen molar-refractivity contribution in [3.05, 3.63) is 65.2 Å². The molecule has 0 aliphatic carbocycles. The number of phenolic OH excluding ortho intramolecular Hbond substituents is 1. The van der Waals surface area contributed by atoms with Gasteiger partial charge in [-0.15, -0.1) is 0 Å². The summed E-state index contributed by atoms with van der Waals surface area (Å²) in [5, 5.41) is 9.44. The van der Waals surface area contributed by atoms with Crippen LogP contribution in [0.1, 0.15) is 35.4 Å². The SMILES string of the molecule is Cc1ccc(CN2CC[C@@H](N3CC[C@@H](c4ccc(O)cc4)[C@@H](F)C3)C2=O)cc1. The quantitative estimate of drug-likeness (QED) is 0.878. The van der Waals surface area contributed by atoms with E-state index in [0.717, 1.165) is 30.6 Å². The third-order valence-electron chi connectivity index (χ3n) is 6.10. The van der Waals surface area contributed by atoms with Crippen molar-refractivity contribution in [1.82, 2.24) is 9.80 Å². The van der Waals surface area contributed by atoms with E-state index >= 15 is 0 Å². The van der Waals surface area contributed by atoms with Gasteiger partial charge in [0.1, 0.15) is 11.9 Å². The predicted molar refractivity (Wildman–Crippen MR) is 107 cm³/mol. The minimum Gasteiger partial charge on any atom is -0.508 e. The van der Waals surface area contributed by atoms with E-state index in [0.29, 0.717) is 19.5 Å². The van der Waals surface area contributed by atoms with Crippen LogP contribution in [0.5, 0.6) is 5.75 Å². The second-order valence-electron chi connectivity index (χ2n) is 8.05. The number of rotatable bonds is 4. The van der Waals surface area contributed by atoms with Gasteiger partial charge in [0.05, 0.1) is 6.04 Å². The van der Waals surface area contributed by atoms with Gasteiger partial charge >= 0.3 is 0 Å². The minimum atomic E-state index is -1.00. The van der Waals surface area contributed by atoms with Crippen LogP contribution in [0.15, 0.2) is 48.5 Å². The van der Waals surface area contributed by atoms with Gasteiger partial charge in [0, 0.05) is 25.6 Å². The molecule has 2 aromatic rings. The number of phenols is 1. The fraction of sp³-hybridized carbons (Fsp3) is 0.435. The van der Waals surface area contributed by atoms with E-state index < -0.39 is 6.17 Å². The van der Waals surface area contributed by atoms with Gasteiger partial charge in [-0.1, -0.05) is 42.0 Å². The fourth-order valence-electron chi connectivity index (χ4n) is 4.44. The maximum atomic E-state index is 14.9. The largest absolute Gasteiger partial charge is 0.508 e. The summed E-state index contributed by atoms with van der Waals surface area (Å²) in [5.74, 6) is 0.148. The monoisotopic (exact) mass is 382 g/mol. The molecule has 0 bridgehead atoms. The maximum Gasteiger partial charge on any atom is 0.240 e. The van der Waals surface area contributed by atoms with Crippen molar-refractivity contribution >= 4 is 5.91 Å². The van der Waals surface area contributed by atoms with Gasteiger partial charge in [-0.25, -0.2) is 4.39 Å². The fourth-order valence-corrected chi connectivity index (χ4v) is 4.44. The highest BCUT2D eigenvalue weighted by atomic mass is 19.1. The highest BCUT2D eigenvalue weighted by Gasteiger charge is 2.40. The second-order valence-corrected chi connectivity index (χ2v) is 8.05. The van der Waals surface area contributed by atoms with Crippen LogP contribution in [0.3, 0.4) is 0 Å². The molecule has 2 aliphatic rings. The van der Waals surface area contributed by atoms with E-state index in [1.807, 2.05) is 9.80 Å². The van der Waals surface area contributed by atoms with Crippen LogP contribution in [-0.2, 0) is 11.3 Å². The number of aryl methyl sites for hydroxylation is 1. The smallest absolute Gasteiger partial charge is 0.240 e. The Kier molecular flexibility index (Phi) is 5.36. The van der Waals surface area contributed by atoms with Crippen LogP contribution in [0, 0.1) is 6.92 Å². The number of benzene rings is 2. The zero-order valence-corrected chi connectivity index (χ0v) is 16.2. The lowest BCUT2D eigenvalue weighted by molar-refractivity contribution is -0.133. The number of hydrogen-bond donors (Lipinski definition) is 1. The molecule has 4 rings (SSSR count). The van der Waals surface area contributed by atoms with Gasteiger partial charge in [-0.2, -0.15) is 0 Å². The van der Waals surface area contributed by atoms with Gasteiger partial charge in [-0.05, 0) is 49.6 Å². The molecular formula is C23H27FN2O2. The van der Waals surface area contributed by atoms with Crippen LogP contribution >= 0.6 is 0 Å². The zero-order chi connectivity index (χ0) is 19.7. The Bertz CT molecular complexity index is 822. The molecule has 2 fully saturated rings. The Morgan fingerprint density at radius 3 is 2.43 bits per heavy atom. The first-order valence-corrected chi connectivity index (χ1v) is 10.0. The molecule has 148 valence electrons. The van der Waals surface area contributed by atoms with Crippen LogP contribution in [-0.4, -0.2) is 52.7 Å². The van der Waals surface area contributed by atoms with Gasteiger partial charge in [0.25, 0.3) is 0 Å². The van der Waals surface area contributed by atoms with Crippen molar-refractivity contribution in [3.8, 4) is 5.75 Å². The molecule has 2 saturated heterocycles. The van der Waals surface area contributed by atoms with Crippen molar-refractivity contribution in [1.29, 1.82) is 0 Å². The van der Waals surface area contributed by atoms with Crippen molar-refractivity contribution in [3.63, 3.8) is 0 Å². The first-order valence-electron chi connectivity index (χ1n) is 10.0. The van der Waals surface area contributed by atoms with Crippen LogP contribution in [0.4, 0.5) is 4.39 Å². The van der Waals surface area contributed by atoms with Gasteiger partial charge in [0.15, 0.2) is 0 Å². The van der Waals surface area contributed by atoms with Crippen molar-refractivity contribution in [2.75, 3.05) is 19.6 Å². The molecule has 1 amide bonds. The summed E-state index contributed by atoms with van der Waals surface area (Å²) in [7, 11) is 0. The Labute approximate surface area is 165 Å². The summed E-state index contributed by atoms with van der Waals surface area (Å²) in [5.41, 5.74) is 3.26. The second kappa shape index (κ2) is 7.92. The lowest BCUT2D eigenvalue weighted by Crippen LogP contribution is -2.49.